The van der Waals surface area contributed by atoms with Crippen molar-refractivity contribution in [2.24, 2.45) is 0 Å². The Hall–Kier alpha value is -3.37. The highest BCUT2D eigenvalue weighted by molar-refractivity contribution is 7.12. The molecular weight excluding hydrogens is 481 g/mol. The second-order valence-electron chi connectivity index (χ2n) is 8.08. The van der Waals surface area contributed by atoms with E-state index in [1.165, 1.54) is 13.1 Å². The van der Waals surface area contributed by atoms with Crippen molar-refractivity contribution in [2.45, 2.75) is 31.7 Å². The number of nitrogens with one attached hydrogen (secondary N) is 1. The first kappa shape index (κ1) is 24.7. The van der Waals surface area contributed by atoms with E-state index in [9.17, 15) is 22.8 Å². The molecule has 184 valence electrons. The molecule has 0 saturated heterocycles. The molecule has 0 bridgehead atoms. The lowest BCUT2D eigenvalue weighted by molar-refractivity contribution is -0.139. The molecule has 2 N–H and O–H groups in total. The van der Waals surface area contributed by atoms with Crippen molar-refractivity contribution in [1.29, 1.82) is 0 Å². The lowest BCUT2D eigenvalue weighted by Crippen LogP contribution is -2.45. The Balaban J connectivity index is 1.49. The van der Waals surface area contributed by atoms with Crippen LogP contribution in [0.5, 0.6) is 5.75 Å². The number of hydrogen-bond donors (Lipinski definition) is 2. The Morgan fingerprint density at radius 2 is 1.91 bits per heavy atom. The molecule has 2 aromatic carbocycles. The highest BCUT2D eigenvalue weighted by Crippen LogP contribution is 2.43. The Morgan fingerprint density at radius 1 is 1.17 bits per heavy atom. The predicted octanol–water partition coefficient (Wildman–Crippen LogP) is 4.96. The van der Waals surface area contributed by atoms with E-state index in [1.807, 2.05) is 0 Å². The molecular formula is C25H23F3N2O4S. The number of likely N-dealkylation sites (N-methyl/N-ethyl adjacent to an activating group) is 1. The number of carboxylic acids is 1. The van der Waals surface area contributed by atoms with Gasteiger partial charge in [0.05, 0.1) is 12.5 Å². The van der Waals surface area contributed by atoms with E-state index in [4.69, 9.17) is 9.84 Å². The van der Waals surface area contributed by atoms with Crippen LogP contribution in [-0.4, -0.2) is 36.6 Å². The Bertz CT molecular complexity index is 1230. The van der Waals surface area contributed by atoms with E-state index in [-0.39, 0.29) is 24.5 Å². The van der Waals surface area contributed by atoms with Crippen LogP contribution in [-0.2, 0) is 28.8 Å². The lowest BCUT2D eigenvalue weighted by Gasteiger charge is -2.23. The summed E-state index contributed by atoms with van der Waals surface area (Å²) >= 11 is 0.663. The second-order valence-corrected chi connectivity index (χ2v) is 9.21. The summed E-state index contributed by atoms with van der Waals surface area (Å²) in [5.74, 6) is -0.912. The summed E-state index contributed by atoms with van der Waals surface area (Å²) in [5, 5.41) is 11.8. The van der Waals surface area contributed by atoms with Gasteiger partial charge in [-0.1, -0.05) is 30.3 Å². The molecule has 3 aromatic rings. The van der Waals surface area contributed by atoms with Gasteiger partial charge in [0.25, 0.3) is 0 Å². The van der Waals surface area contributed by atoms with Crippen molar-refractivity contribution in [1.82, 2.24) is 5.32 Å². The molecule has 0 unspecified atom stereocenters. The van der Waals surface area contributed by atoms with Crippen molar-refractivity contribution in [3.8, 4) is 16.9 Å². The second kappa shape index (κ2) is 10.1. The number of carbonyl (C=O) groups excluding carboxylic acids is 1. The summed E-state index contributed by atoms with van der Waals surface area (Å²) in [6, 6.07) is 14.2. The maximum atomic E-state index is 13.6. The number of alkyl halides is 3. The standard InChI is InChI=1S/C25H23F3N2O4S/c1-29-20(13-22(31)32)24(33)30-10-9-16-11-17(7-8-21(16)30)34-14-18-12-19(15-5-3-2-4-6-15)23(35-18)25(26,27)28/h2-8,11-12,20,29H,9-10,13-14H2,1H3,(H,31,32)/t20-/m0/s1. The molecule has 1 aliphatic rings. The number of benzene rings is 2. The van der Waals surface area contributed by atoms with E-state index in [0.717, 1.165) is 5.56 Å². The molecule has 0 fully saturated rings. The Labute approximate surface area is 204 Å². The Kier molecular flexibility index (Phi) is 7.13. The molecule has 0 aliphatic carbocycles. The highest BCUT2D eigenvalue weighted by atomic mass is 32.1. The normalized spacial score (nSPS) is 14.0. The minimum atomic E-state index is -4.47. The zero-order chi connectivity index (χ0) is 25.2. The summed E-state index contributed by atoms with van der Waals surface area (Å²) in [5.41, 5.74) is 2.15. The van der Waals surface area contributed by atoms with Crippen LogP contribution in [0.4, 0.5) is 18.9 Å². The predicted molar refractivity (Wildman–Crippen MR) is 127 cm³/mol. The van der Waals surface area contributed by atoms with Crippen LogP contribution in [0.15, 0.2) is 54.6 Å². The number of halogens is 3. The molecule has 0 spiro atoms. The van der Waals surface area contributed by atoms with Gasteiger partial charge in [-0.25, -0.2) is 0 Å². The molecule has 0 saturated carbocycles. The summed E-state index contributed by atoms with van der Waals surface area (Å²) in [6.45, 7) is 0.387. The van der Waals surface area contributed by atoms with Gasteiger partial charge in [0.2, 0.25) is 5.91 Å². The van der Waals surface area contributed by atoms with Crippen LogP contribution in [0, 0.1) is 0 Å². The minimum absolute atomic E-state index is 0.0253. The van der Waals surface area contributed by atoms with E-state index >= 15 is 0 Å². The smallest absolute Gasteiger partial charge is 0.426 e. The zero-order valence-corrected chi connectivity index (χ0v) is 19.6. The first-order valence-corrected chi connectivity index (χ1v) is 11.7. The van der Waals surface area contributed by atoms with Crippen LogP contribution in [0.3, 0.4) is 0 Å². The molecule has 0 radical (unpaired) electrons. The number of ether oxygens (including phenoxy) is 1. The Morgan fingerprint density at radius 3 is 2.57 bits per heavy atom. The number of aliphatic carboxylic acids is 1. The topological polar surface area (TPSA) is 78.9 Å². The number of amides is 1. The summed E-state index contributed by atoms with van der Waals surface area (Å²) in [6.07, 6.45) is -4.23. The minimum Gasteiger partial charge on any atom is -0.488 e. The zero-order valence-electron chi connectivity index (χ0n) is 18.8. The van der Waals surface area contributed by atoms with Crippen molar-refractivity contribution in [3.63, 3.8) is 0 Å². The largest absolute Gasteiger partial charge is 0.488 e. The van der Waals surface area contributed by atoms with Crippen molar-refractivity contribution in [2.75, 3.05) is 18.5 Å². The molecule has 1 aliphatic heterocycles. The number of thiophene rings is 1. The van der Waals surface area contributed by atoms with Gasteiger partial charge in [0.1, 0.15) is 17.2 Å². The maximum Gasteiger partial charge on any atom is 0.426 e. The van der Waals surface area contributed by atoms with Crippen LogP contribution in [0.1, 0.15) is 21.7 Å². The molecule has 35 heavy (non-hydrogen) atoms. The SMILES string of the molecule is CN[C@@H](CC(=O)O)C(=O)N1CCc2cc(OCc3cc(-c4ccccc4)c(C(F)(F)F)s3)ccc21. The van der Waals surface area contributed by atoms with Crippen LogP contribution >= 0.6 is 11.3 Å². The average Bonchev–Trinajstić information content (AvgIpc) is 3.45. The van der Waals surface area contributed by atoms with Gasteiger partial charge in [-0.2, -0.15) is 13.2 Å². The van der Waals surface area contributed by atoms with Crippen LogP contribution in [0.25, 0.3) is 11.1 Å². The summed E-state index contributed by atoms with van der Waals surface area (Å²) < 4.78 is 46.6. The molecule has 1 amide bonds. The monoisotopic (exact) mass is 504 g/mol. The number of fused-ring (bicyclic) bond motifs is 1. The number of carbonyl (C=O) groups is 2. The van der Waals surface area contributed by atoms with E-state index in [1.54, 1.807) is 53.4 Å². The molecule has 1 aromatic heterocycles. The number of rotatable bonds is 8. The number of hydrogen-bond acceptors (Lipinski definition) is 5. The fourth-order valence-corrected chi connectivity index (χ4v) is 5.04. The van der Waals surface area contributed by atoms with Gasteiger partial charge in [0.15, 0.2) is 0 Å². The van der Waals surface area contributed by atoms with Crippen molar-refractivity contribution < 1.29 is 32.6 Å². The molecule has 4 rings (SSSR count). The number of carboxylic acid groups (broad SMARTS) is 1. The van der Waals surface area contributed by atoms with Gasteiger partial charge in [-0.05, 0) is 48.9 Å². The molecule has 6 nitrogen and oxygen atoms in total. The van der Waals surface area contributed by atoms with Gasteiger partial charge < -0.3 is 20.1 Å². The van der Waals surface area contributed by atoms with Crippen LogP contribution < -0.4 is 15.0 Å². The van der Waals surface area contributed by atoms with Gasteiger partial charge in [0, 0.05) is 22.7 Å². The van der Waals surface area contributed by atoms with Crippen molar-refractivity contribution in [3.05, 3.63) is 69.9 Å². The number of anilines is 1. The van der Waals surface area contributed by atoms with E-state index in [0.29, 0.717) is 46.2 Å². The molecule has 10 heteroatoms. The average molecular weight is 505 g/mol. The fourth-order valence-electron chi connectivity index (χ4n) is 4.08. The highest BCUT2D eigenvalue weighted by Gasteiger charge is 2.36. The van der Waals surface area contributed by atoms with Gasteiger partial charge in [-0.15, -0.1) is 11.3 Å². The first-order chi connectivity index (χ1) is 16.7. The fraction of sp³-hybridized carbons (Fsp3) is 0.280. The van der Waals surface area contributed by atoms with E-state index < -0.39 is 23.1 Å². The first-order valence-electron chi connectivity index (χ1n) is 10.9. The molecule has 1 atom stereocenters. The number of nitrogens with zero attached hydrogens (tertiary/aromatic N) is 1. The van der Waals surface area contributed by atoms with Crippen LogP contribution in [0.2, 0.25) is 0 Å². The molecule has 2 heterocycles. The van der Waals surface area contributed by atoms with Gasteiger partial charge >= 0.3 is 12.1 Å². The maximum absolute atomic E-state index is 13.6. The van der Waals surface area contributed by atoms with Gasteiger partial charge in [-0.3, -0.25) is 9.59 Å². The quantitative estimate of drug-likeness (QED) is 0.453. The van der Waals surface area contributed by atoms with E-state index in [2.05, 4.69) is 5.32 Å². The third-order valence-electron chi connectivity index (χ3n) is 5.74. The lowest BCUT2D eigenvalue weighted by atomic mass is 10.1. The summed E-state index contributed by atoms with van der Waals surface area (Å²) in [7, 11) is 1.54. The van der Waals surface area contributed by atoms with Crippen molar-refractivity contribution >= 4 is 28.9 Å². The third kappa shape index (κ3) is 5.49. The summed E-state index contributed by atoms with van der Waals surface area (Å²) in [4.78, 5) is 25.1. The third-order valence-corrected chi connectivity index (χ3v) is 6.90.